The Morgan fingerprint density at radius 3 is 2.33 bits per heavy atom. The van der Waals surface area contributed by atoms with Crippen LogP contribution in [0.25, 0.3) is 0 Å². The highest BCUT2D eigenvalue weighted by Gasteiger charge is 2.23. The zero-order valence-electron chi connectivity index (χ0n) is 15.7. The highest BCUT2D eigenvalue weighted by Crippen LogP contribution is 2.25. The molecule has 0 aliphatic heterocycles. The van der Waals surface area contributed by atoms with Crippen LogP contribution < -0.4 is 14.8 Å². The average Bonchev–Trinajstić information content (AvgIpc) is 2.72. The molecule has 0 saturated carbocycles. The van der Waals surface area contributed by atoms with Gasteiger partial charge in [0.25, 0.3) is 5.69 Å². The molecule has 0 heterocycles. The lowest BCUT2D eigenvalue weighted by Crippen LogP contribution is -2.45. The molecule has 158 valence electrons. The summed E-state index contributed by atoms with van der Waals surface area (Å²) in [6, 6.07) is 8.95. The monoisotopic (exact) mass is 418 g/mol. The molecule has 0 saturated heterocycles. The van der Waals surface area contributed by atoms with Gasteiger partial charge in [-0.05, 0) is 23.8 Å². The third kappa shape index (κ3) is 5.92. The van der Waals surface area contributed by atoms with Crippen molar-refractivity contribution in [3.05, 3.63) is 63.7 Å². The van der Waals surface area contributed by atoms with Crippen molar-refractivity contribution in [2.24, 2.45) is 0 Å². The van der Waals surface area contributed by atoms with Crippen molar-refractivity contribution in [2.75, 3.05) is 7.11 Å². The van der Waals surface area contributed by atoms with Crippen molar-refractivity contribution in [3.8, 4) is 11.5 Å². The summed E-state index contributed by atoms with van der Waals surface area (Å²) >= 11 is 0. The Bertz CT molecular complexity index is 957. The second-order valence-electron chi connectivity index (χ2n) is 6.06. The zero-order valence-corrected chi connectivity index (χ0v) is 15.7. The van der Waals surface area contributed by atoms with E-state index in [-0.39, 0.29) is 18.7 Å². The second-order valence-corrected chi connectivity index (χ2v) is 6.06. The Morgan fingerprint density at radius 1 is 1.13 bits per heavy atom. The summed E-state index contributed by atoms with van der Waals surface area (Å²) in [5, 5.41) is 30.6. The van der Waals surface area contributed by atoms with Crippen LogP contribution in [0, 0.1) is 10.1 Å². The number of hydrogen-bond acceptors (Lipinski definition) is 7. The van der Waals surface area contributed by atoms with E-state index >= 15 is 0 Å². The lowest BCUT2D eigenvalue weighted by atomic mass is 10.1. The lowest BCUT2D eigenvalue weighted by Gasteiger charge is -2.14. The van der Waals surface area contributed by atoms with E-state index in [9.17, 15) is 24.5 Å². The van der Waals surface area contributed by atoms with Crippen LogP contribution in [0.2, 0.25) is 0 Å². The molecule has 30 heavy (non-hydrogen) atoms. The van der Waals surface area contributed by atoms with Gasteiger partial charge in [-0.2, -0.15) is 0 Å². The molecule has 0 radical (unpaired) electrons. The highest BCUT2D eigenvalue weighted by molar-refractivity contribution is 6.31. The van der Waals surface area contributed by atoms with Crippen LogP contribution in [0.5, 0.6) is 11.5 Å². The van der Waals surface area contributed by atoms with Crippen molar-refractivity contribution in [1.29, 1.82) is 0 Å². The molecule has 0 fully saturated rings. The number of nitrogens with one attached hydrogen (secondary N) is 1. The summed E-state index contributed by atoms with van der Waals surface area (Å²) < 4.78 is 10.8. The minimum absolute atomic E-state index is 0.00335. The average molecular weight is 418 g/mol. The first kappa shape index (κ1) is 22.1. The topological polar surface area (TPSA) is 165 Å². The van der Waals surface area contributed by atoms with Crippen LogP contribution in [0.4, 0.5) is 5.69 Å². The number of carbonyl (C=O) groups excluding carboxylic acids is 1. The van der Waals surface area contributed by atoms with Gasteiger partial charge in [0.15, 0.2) is 0 Å². The maximum atomic E-state index is 11.2. The number of nitrogens with zero attached hydrogens (tertiary/aromatic N) is 1. The van der Waals surface area contributed by atoms with Crippen LogP contribution in [0.3, 0.4) is 0 Å². The number of ether oxygens (including phenoxy) is 2. The maximum absolute atomic E-state index is 11.2. The number of nitro groups is 1. The molecule has 0 aliphatic carbocycles. The Kier molecular flexibility index (Phi) is 7.28. The Balaban J connectivity index is 2.05. The summed E-state index contributed by atoms with van der Waals surface area (Å²) in [6.07, 6.45) is -0.132. The predicted octanol–water partition coefficient (Wildman–Crippen LogP) is 1.38. The zero-order chi connectivity index (χ0) is 22.3. The summed E-state index contributed by atoms with van der Waals surface area (Å²) in [6.45, 7) is -0.00335. The molecule has 0 aromatic heterocycles. The van der Waals surface area contributed by atoms with Gasteiger partial charge in [-0.15, -0.1) is 0 Å². The molecule has 0 bridgehead atoms. The van der Waals surface area contributed by atoms with Gasteiger partial charge >= 0.3 is 17.8 Å². The van der Waals surface area contributed by atoms with Gasteiger partial charge in [0.1, 0.15) is 24.1 Å². The van der Waals surface area contributed by atoms with E-state index in [1.54, 1.807) is 24.3 Å². The quantitative estimate of drug-likeness (QED) is 0.310. The van der Waals surface area contributed by atoms with Gasteiger partial charge < -0.3 is 25.0 Å². The number of nitro benzene ring substituents is 1. The van der Waals surface area contributed by atoms with Crippen LogP contribution >= 0.6 is 0 Å². The fourth-order valence-electron chi connectivity index (χ4n) is 2.53. The second kappa shape index (κ2) is 9.87. The van der Waals surface area contributed by atoms with Crippen LogP contribution in [0.15, 0.2) is 42.5 Å². The van der Waals surface area contributed by atoms with Crippen LogP contribution in [0.1, 0.15) is 11.1 Å². The number of non-ortho nitro benzene ring substituents is 1. The molecule has 1 atom stereocenters. The fraction of sp³-hybridized carbons (Fsp3) is 0.211. The number of benzene rings is 2. The number of rotatable bonds is 9. The number of methoxy groups -OCH3 is 1. The van der Waals surface area contributed by atoms with Crippen LogP contribution in [-0.4, -0.2) is 46.1 Å². The first-order chi connectivity index (χ1) is 14.2. The number of carbonyl (C=O) groups is 3. The maximum Gasteiger partial charge on any atom is 0.394 e. The van der Waals surface area contributed by atoms with Gasteiger partial charge in [-0.1, -0.05) is 12.1 Å². The Morgan fingerprint density at radius 2 is 1.80 bits per heavy atom. The molecule has 0 unspecified atom stereocenters. The number of carboxylic acids is 2. The normalized spacial score (nSPS) is 11.2. The molecule has 11 nitrogen and oxygen atoms in total. The molecule has 0 aliphatic rings. The van der Waals surface area contributed by atoms with Gasteiger partial charge in [0, 0.05) is 24.1 Å². The van der Waals surface area contributed by atoms with E-state index in [4.69, 9.17) is 19.7 Å². The van der Waals surface area contributed by atoms with E-state index in [1.807, 2.05) is 5.32 Å². The largest absolute Gasteiger partial charge is 0.496 e. The molecule has 1 amide bonds. The number of aliphatic carboxylic acids is 2. The predicted molar refractivity (Wildman–Crippen MR) is 101 cm³/mol. The smallest absolute Gasteiger partial charge is 0.394 e. The number of hydrogen-bond donors (Lipinski definition) is 3. The third-order valence-corrected chi connectivity index (χ3v) is 4.03. The van der Waals surface area contributed by atoms with Crippen molar-refractivity contribution in [1.82, 2.24) is 5.32 Å². The van der Waals surface area contributed by atoms with Gasteiger partial charge in [0.2, 0.25) is 0 Å². The van der Waals surface area contributed by atoms with E-state index < -0.39 is 28.8 Å². The number of carboxylic acid groups (broad SMARTS) is 2. The number of amides is 1. The highest BCUT2D eigenvalue weighted by atomic mass is 16.6. The van der Waals surface area contributed by atoms with Gasteiger partial charge in [0.05, 0.1) is 12.0 Å². The summed E-state index contributed by atoms with van der Waals surface area (Å²) in [5.41, 5.74) is 0.888. The van der Waals surface area contributed by atoms with Crippen molar-refractivity contribution >= 4 is 23.5 Å². The first-order valence-corrected chi connectivity index (χ1v) is 8.51. The molecule has 2 rings (SSSR count). The molecule has 2 aromatic rings. The lowest BCUT2D eigenvalue weighted by molar-refractivity contribution is -0.385. The fourth-order valence-corrected chi connectivity index (χ4v) is 2.53. The molecule has 0 spiro atoms. The Labute approximate surface area is 170 Å². The SMILES string of the molecule is COc1ccc([N+](=O)[O-])cc1COc1ccc(C[C@@H](NC(=O)C(=O)O)C(=O)O)cc1. The van der Waals surface area contributed by atoms with E-state index in [2.05, 4.69) is 0 Å². The van der Waals surface area contributed by atoms with Crippen LogP contribution in [-0.2, 0) is 27.4 Å². The van der Waals surface area contributed by atoms with Crippen molar-refractivity contribution < 1.29 is 39.0 Å². The molecule has 3 N–H and O–H groups in total. The standard InChI is InChI=1S/C19H18N2O9/c1-29-16-7-4-13(21(27)28)9-12(16)10-30-14-5-2-11(3-6-14)8-15(18(23)24)20-17(22)19(25)26/h2-7,9,15H,8,10H2,1H3,(H,20,22)(H,23,24)(H,25,26)/t15-/m1/s1. The minimum atomic E-state index is -1.78. The molecule has 11 heteroatoms. The van der Waals surface area contributed by atoms with Crippen molar-refractivity contribution in [3.63, 3.8) is 0 Å². The van der Waals surface area contributed by atoms with Gasteiger partial charge in [-0.3, -0.25) is 14.9 Å². The summed E-state index contributed by atoms with van der Waals surface area (Å²) in [4.78, 5) is 43.4. The van der Waals surface area contributed by atoms with E-state index in [0.29, 0.717) is 22.6 Å². The minimum Gasteiger partial charge on any atom is -0.496 e. The Hall–Kier alpha value is -4.15. The molecular formula is C19H18N2O9. The summed E-state index contributed by atoms with van der Waals surface area (Å²) in [5.74, 6) is -3.72. The third-order valence-electron chi connectivity index (χ3n) is 4.03. The molecular weight excluding hydrogens is 400 g/mol. The van der Waals surface area contributed by atoms with Gasteiger partial charge in [-0.25, -0.2) is 9.59 Å². The van der Waals surface area contributed by atoms with E-state index in [1.165, 1.54) is 25.3 Å². The molecule has 2 aromatic carbocycles. The van der Waals surface area contributed by atoms with Crippen molar-refractivity contribution in [2.45, 2.75) is 19.1 Å². The summed E-state index contributed by atoms with van der Waals surface area (Å²) in [7, 11) is 1.43. The van der Waals surface area contributed by atoms with E-state index in [0.717, 1.165) is 0 Å². The first-order valence-electron chi connectivity index (χ1n) is 8.51.